The van der Waals surface area contributed by atoms with Crippen LogP contribution in [0.5, 0.6) is 0 Å². The molecule has 20 heavy (non-hydrogen) atoms. The molecule has 1 aromatic carbocycles. The van der Waals surface area contributed by atoms with Crippen LogP contribution in [-0.2, 0) is 4.74 Å². The monoisotopic (exact) mass is 339 g/mol. The maximum Gasteiger partial charge on any atom is 0.0949 e. The van der Waals surface area contributed by atoms with E-state index in [2.05, 4.69) is 52.4 Å². The summed E-state index contributed by atoms with van der Waals surface area (Å²) in [5.41, 5.74) is 1.27. The SMILES string of the molecule is CCCCCCOC(CNC1CC1)c1cccc(Br)c1. The van der Waals surface area contributed by atoms with E-state index >= 15 is 0 Å². The van der Waals surface area contributed by atoms with Crippen molar-refractivity contribution in [3.63, 3.8) is 0 Å². The first kappa shape index (κ1) is 16.0. The second-order valence-corrected chi connectivity index (χ2v) is 6.57. The van der Waals surface area contributed by atoms with Crippen LogP contribution in [0, 0.1) is 0 Å². The van der Waals surface area contributed by atoms with Gasteiger partial charge in [-0.25, -0.2) is 0 Å². The summed E-state index contributed by atoms with van der Waals surface area (Å²) in [5, 5.41) is 3.59. The van der Waals surface area contributed by atoms with Crippen LogP contribution in [0.4, 0.5) is 0 Å². The van der Waals surface area contributed by atoms with Gasteiger partial charge < -0.3 is 10.1 Å². The summed E-state index contributed by atoms with van der Waals surface area (Å²) in [6, 6.07) is 9.22. The number of unbranched alkanes of at least 4 members (excludes halogenated alkanes) is 3. The lowest BCUT2D eigenvalue weighted by molar-refractivity contribution is 0.0496. The predicted octanol–water partition coefficient (Wildman–Crippen LogP) is 4.84. The molecule has 0 aromatic heterocycles. The third-order valence-electron chi connectivity index (χ3n) is 3.71. The van der Waals surface area contributed by atoms with E-state index in [9.17, 15) is 0 Å². The summed E-state index contributed by atoms with van der Waals surface area (Å²) in [7, 11) is 0. The quantitative estimate of drug-likeness (QED) is 0.616. The minimum atomic E-state index is 0.176. The van der Waals surface area contributed by atoms with Gasteiger partial charge in [0.05, 0.1) is 6.10 Å². The Morgan fingerprint density at radius 3 is 2.85 bits per heavy atom. The molecule has 1 aliphatic carbocycles. The second-order valence-electron chi connectivity index (χ2n) is 5.66. The van der Waals surface area contributed by atoms with Gasteiger partial charge in [-0.15, -0.1) is 0 Å². The van der Waals surface area contributed by atoms with E-state index in [0.717, 1.165) is 23.7 Å². The minimum Gasteiger partial charge on any atom is -0.372 e. The van der Waals surface area contributed by atoms with Crippen molar-refractivity contribution in [1.82, 2.24) is 5.32 Å². The zero-order valence-electron chi connectivity index (χ0n) is 12.4. The van der Waals surface area contributed by atoms with Crippen LogP contribution in [-0.4, -0.2) is 19.2 Å². The van der Waals surface area contributed by atoms with Crippen molar-refractivity contribution in [1.29, 1.82) is 0 Å². The molecule has 0 amide bonds. The molecule has 1 saturated carbocycles. The minimum absolute atomic E-state index is 0.176. The Bertz CT molecular complexity index is 392. The topological polar surface area (TPSA) is 21.3 Å². The Balaban J connectivity index is 1.82. The van der Waals surface area contributed by atoms with Gasteiger partial charge in [0.15, 0.2) is 0 Å². The summed E-state index contributed by atoms with van der Waals surface area (Å²) in [4.78, 5) is 0. The zero-order valence-corrected chi connectivity index (χ0v) is 14.0. The highest BCUT2D eigenvalue weighted by molar-refractivity contribution is 9.10. The van der Waals surface area contributed by atoms with Crippen molar-refractivity contribution in [2.75, 3.05) is 13.2 Å². The third-order valence-corrected chi connectivity index (χ3v) is 4.20. The van der Waals surface area contributed by atoms with Gasteiger partial charge in [0, 0.05) is 23.7 Å². The highest BCUT2D eigenvalue weighted by Crippen LogP contribution is 2.24. The molecule has 112 valence electrons. The molecule has 1 fully saturated rings. The Morgan fingerprint density at radius 2 is 2.15 bits per heavy atom. The van der Waals surface area contributed by atoms with Crippen LogP contribution in [0.15, 0.2) is 28.7 Å². The van der Waals surface area contributed by atoms with E-state index in [-0.39, 0.29) is 6.10 Å². The first-order chi connectivity index (χ1) is 9.79. The maximum atomic E-state index is 6.12. The van der Waals surface area contributed by atoms with Crippen LogP contribution in [0.2, 0.25) is 0 Å². The molecule has 0 spiro atoms. The van der Waals surface area contributed by atoms with Gasteiger partial charge in [0.1, 0.15) is 0 Å². The van der Waals surface area contributed by atoms with Crippen molar-refractivity contribution < 1.29 is 4.74 Å². The highest BCUT2D eigenvalue weighted by Gasteiger charge is 2.22. The largest absolute Gasteiger partial charge is 0.372 e. The summed E-state index contributed by atoms with van der Waals surface area (Å²) in [5.74, 6) is 0. The summed E-state index contributed by atoms with van der Waals surface area (Å²) in [6.07, 6.45) is 7.85. The van der Waals surface area contributed by atoms with Gasteiger partial charge in [-0.2, -0.15) is 0 Å². The van der Waals surface area contributed by atoms with Gasteiger partial charge in [-0.05, 0) is 37.0 Å². The Labute approximate surface area is 131 Å². The Kier molecular flexibility index (Phi) is 7.05. The van der Waals surface area contributed by atoms with Crippen molar-refractivity contribution in [3.8, 4) is 0 Å². The average molecular weight is 340 g/mol. The molecular formula is C17H26BrNO. The average Bonchev–Trinajstić information content (AvgIpc) is 3.26. The molecule has 0 aliphatic heterocycles. The fourth-order valence-corrected chi connectivity index (χ4v) is 2.71. The summed E-state index contributed by atoms with van der Waals surface area (Å²) >= 11 is 3.55. The number of halogens is 1. The first-order valence-electron chi connectivity index (χ1n) is 7.90. The fraction of sp³-hybridized carbons (Fsp3) is 0.647. The van der Waals surface area contributed by atoms with Crippen LogP contribution in [0.25, 0.3) is 0 Å². The number of hydrogen-bond donors (Lipinski definition) is 1. The van der Waals surface area contributed by atoms with Crippen molar-refractivity contribution in [3.05, 3.63) is 34.3 Å². The van der Waals surface area contributed by atoms with Crippen LogP contribution in [0.3, 0.4) is 0 Å². The highest BCUT2D eigenvalue weighted by atomic mass is 79.9. The van der Waals surface area contributed by atoms with Gasteiger partial charge in [-0.3, -0.25) is 0 Å². The van der Waals surface area contributed by atoms with Crippen molar-refractivity contribution >= 4 is 15.9 Å². The number of benzene rings is 1. The van der Waals surface area contributed by atoms with Crippen LogP contribution < -0.4 is 5.32 Å². The molecule has 0 radical (unpaired) electrons. The molecule has 1 aromatic rings. The van der Waals surface area contributed by atoms with E-state index in [1.807, 2.05) is 0 Å². The lowest BCUT2D eigenvalue weighted by Gasteiger charge is -2.19. The maximum absolute atomic E-state index is 6.12. The second kappa shape index (κ2) is 8.81. The van der Waals surface area contributed by atoms with E-state index in [1.54, 1.807) is 0 Å². The number of ether oxygens (including phenoxy) is 1. The molecule has 2 nitrogen and oxygen atoms in total. The van der Waals surface area contributed by atoms with E-state index in [0.29, 0.717) is 0 Å². The van der Waals surface area contributed by atoms with Crippen molar-refractivity contribution in [2.24, 2.45) is 0 Å². The molecule has 0 heterocycles. The summed E-state index contributed by atoms with van der Waals surface area (Å²) in [6.45, 7) is 4.03. The molecule has 0 bridgehead atoms. The molecule has 1 N–H and O–H groups in total. The van der Waals surface area contributed by atoms with Crippen molar-refractivity contribution in [2.45, 2.75) is 57.6 Å². The number of nitrogens with one attached hydrogen (secondary N) is 1. The molecule has 1 atom stereocenters. The van der Waals surface area contributed by atoms with Gasteiger partial charge in [0.2, 0.25) is 0 Å². The van der Waals surface area contributed by atoms with E-state index in [1.165, 1.54) is 44.1 Å². The summed E-state index contributed by atoms with van der Waals surface area (Å²) < 4.78 is 7.25. The van der Waals surface area contributed by atoms with Crippen LogP contribution in [0.1, 0.15) is 57.1 Å². The third kappa shape index (κ3) is 5.94. The normalized spacial score (nSPS) is 16.3. The Hall–Kier alpha value is -0.380. The molecule has 1 aliphatic rings. The molecule has 0 saturated heterocycles. The van der Waals surface area contributed by atoms with E-state index < -0.39 is 0 Å². The number of rotatable bonds is 10. The fourth-order valence-electron chi connectivity index (χ4n) is 2.30. The van der Waals surface area contributed by atoms with Gasteiger partial charge in [-0.1, -0.05) is 54.2 Å². The lowest BCUT2D eigenvalue weighted by atomic mass is 10.1. The van der Waals surface area contributed by atoms with Gasteiger partial charge >= 0.3 is 0 Å². The Morgan fingerprint density at radius 1 is 1.30 bits per heavy atom. The molecular weight excluding hydrogens is 314 g/mol. The lowest BCUT2D eigenvalue weighted by Crippen LogP contribution is -2.25. The predicted molar refractivity (Wildman–Crippen MR) is 88.0 cm³/mol. The smallest absolute Gasteiger partial charge is 0.0949 e. The van der Waals surface area contributed by atoms with Gasteiger partial charge in [0.25, 0.3) is 0 Å². The number of hydrogen-bond acceptors (Lipinski definition) is 2. The molecule has 2 rings (SSSR count). The standard InChI is InChI=1S/C17H26BrNO/c1-2-3-4-5-11-20-17(13-19-16-9-10-16)14-7-6-8-15(18)12-14/h6-8,12,16-17,19H,2-5,9-11,13H2,1H3. The molecule has 3 heteroatoms. The first-order valence-corrected chi connectivity index (χ1v) is 8.69. The van der Waals surface area contributed by atoms with E-state index in [4.69, 9.17) is 4.74 Å². The molecule has 1 unspecified atom stereocenters. The van der Waals surface area contributed by atoms with Crippen LogP contribution >= 0.6 is 15.9 Å². The zero-order chi connectivity index (χ0) is 14.2.